The molecule has 10 heteroatoms. The molecule has 49 heavy (non-hydrogen) atoms. The molecule has 2 aliphatic rings. The Hall–Kier alpha value is -3.60. The Morgan fingerprint density at radius 3 is 2.49 bits per heavy atom. The Morgan fingerprint density at radius 2 is 1.86 bits per heavy atom. The summed E-state index contributed by atoms with van der Waals surface area (Å²) in [4.78, 5) is 21.3. The summed E-state index contributed by atoms with van der Waals surface area (Å²) >= 11 is 7.96. The summed E-state index contributed by atoms with van der Waals surface area (Å²) in [7, 11) is 2.01. The highest BCUT2D eigenvalue weighted by atomic mass is 35.5. The lowest BCUT2D eigenvalue weighted by Gasteiger charge is -2.48. The molecule has 0 saturated carbocycles. The lowest BCUT2D eigenvalue weighted by Crippen LogP contribution is -2.60. The van der Waals surface area contributed by atoms with Crippen LogP contribution >= 0.6 is 22.9 Å². The van der Waals surface area contributed by atoms with Crippen LogP contribution in [0, 0.1) is 6.92 Å². The van der Waals surface area contributed by atoms with Crippen LogP contribution in [0.1, 0.15) is 64.0 Å². The van der Waals surface area contributed by atoms with Crippen molar-refractivity contribution < 1.29 is 19.0 Å². The molecule has 0 spiro atoms. The van der Waals surface area contributed by atoms with E-state index in [0.29, 0.717) is 5.02 Å². The number of nitrogens with zero attached hydrogens (tertiary/aromatic N) is 4. The Kier molecular flexibility index (Phi) is 8.94. The topological polar surface area (TPSA) is 78.7 Å². The van der Waals surface area contributed by atoms with Crippen LogP contribution in [-0.4, -0.2) is 69.7 Å². The van der Waals surface area contributed by atoms with Crippen molar-refractivity contribution in [3.8, 4) is 21.7 Å². The van der Waals surface area contributed by atoms with Crippen molar-refractivity contribution in [2.24, 2.45) is 7.05 Å². The van der Waals surface area contributed by atoms with Gasteiger partial charge in [-0.25, -0.2) is 9.78 Å². The van der Waals surface area contributed by atoms with E-state index in [0.717, 1.165) is 92.4 Å². The fourth-order valence-electron chi connectivity index (χ4n) is 6.96. The number of fused-ring (bicyclic) bond motifs is 2. The molecule has 8 nitrogen and oxygen atoms in total. The van der Waals surface area contributed by atoms with Crippen molar-refractivity contribution in [2.75, 3.05) is 32.9 Å². The van der Waals surface area contributed by atoms with E-state index in [1.165, 1.54) is 5.57 Å². The zero-order valence-electron chi connectivity index (χ0n) is 29.2. The first-order chi connectivity index (χ1) is 23.3. The number of aryl methyl sites for hydroxylation is 2. The van der Waals surface area contributed by atoms with Crippen LogP contribution in [0.5, 0.6) is 0 Å². The van der Waals surface area contributed by atoms with Crippen molar-refractivity contribution in [2.45, 2.75) is 65.2 Å². The third kappa shape index (κ3) is 6.43. The summed E-state index contributed by atoms with van der Waals surface area (Å²) in [6.07, 6.45) is 2.35. The van der Waals surface area contributed by atoms with E-state index in [4.69, 9.17) is 35.9 Å². The molecule has 0 aliphatic carbocycles. The summed E-state index contributed by atoms with van der Waals surface area (Å²) in [5.74, 6) is -0.412. The van der Waals surface area contributed by atoms with Crippen molar-refractivity contribution >= 4 is 55.6 Å². The fourth-order valence-corrected chi connectivity index (χ4v) is 8.21. The maximum Gasteiger partial charge on any atom is 0.339 e. The van der Waals surface area contributed by atoms with Gasteiger partial charge in [-0.1, -0.05) is 29.8 Å². The van der Waals surface area contributed by atoms with Crippen molar-refractivity contribution in [3.05, 3.63) is 76.5 Å². The first-order valence-electron chi connectivity index (χ1n) is 16.9. The van der Waals surface area contributed by atoms with Gasteiger partial charge in [-0.05, 0) is 101 Å². The number of hydrogen-bond acceptors (Lipinski definition) is 8. The second-order valence-corrected chi connectivity index (χ2v) is 15.8. The molecular weight excluding hydrogens is 656 g/mol. The van der Waals surface area contributed by atoms with Crippen LogP contribution < -0.4 is 0 Å². The minimum atomic E-state index is -0.922. The molecule has 1 saturated heterocycles. The first-order valence-corrected chi connectivity index (χ1v) is 18.1. The van der Waals surface area contributed by atoms with E-state index < -0.39 is 17.7 Å². The number of ether oxygens (including phenoxy) is 3. The van der Waals surface area contributed by atoms with Crippen LogP contribution in [0.2, 0.25) is 5.02 Å². The normalized spacial score (nSPS) is 17.3. The van der Waals surface area contributed by atoms with Gasteiger partial charge in [0.2, 0.25) is 0 Å². The van der Waals surface area contributed by atoms with Crippen LogP contribution in [0.15, 0.2) is 54.6 Å². The zero-order valence-corrected chi connectivity index (χ0v) is 30.8. The molecule has 256 valence electrons. The highest BCUT2D eigenvalue weighted by Gasteiger charge is 2.40. The first kappa shape index (κ1) is 33.9. The van der Waals surface area contributed by atoms with Gasteiger partial charge in [-0.3, -0.25) is 9.58 Å². The molecular formula is C39H43ClN4O4S. The minimum Gasteiger partial charge on any atom is -0.464 e. The Balaban J connectivity index is 1.35. The molecule has 0 radical (unpaired) electrons. The van der Waals surface area contributed by atoms with Gasteiger partial charge >= 0.3 is 5.97 Å². The Morgan fingerprint density at radius 1 is 1.12 bits per heavy atom. The van der Waals surface area contributed by atoms with Crippen LogP contribution in [-0.2, 0) is 26.1 Å². The number of rotatable bonds is 8. The highest BCUT2D eigenvalue weighted by Crippen LogP contribution is 2.45. The molecule has 1 fully saturated rings. The fraction of sp³-hybridized carbons (Fsp3) is 0.410. The number of hydrogen-bond donors (Lipinski definition) is 0. The molecule has 5 aromatic rings. The number of benzene rings is 3. The second kappa shape index (κ2) is 12.9. The van der Waals surface area contributed by atoms with Crippen molar-refractivity contribution in [1.29, 1.82) is 0 Å². The van der Waals surface area contributed by atoms with E-state index in [1.54, 1.807) is 11.3 Å². The highest BCUT2D eigenvalue weighted by molar-refractivity contribution is 7.22. The molecule has 4 heterocycles. The monoisotopic (exact) mass is 698 g/mol. The Labute approximate surface area is 296 Å². The maximum absolute atomic E-state index is 13.5. The Bertz CT molecular complexity index is 2090. The number of halogens is 1. The second-order valence-electron chi connectivity index (χ2n) is 14.3. The van der Waals surface area contributed by atoms with E-state index in [2.05, 4.69) is 42.2 Å². The van der Waals surface area contributed by atoms with Gasteiger partial charge in [0, 0.05) is 47.2 Å². The molecule has 0 unspecified atom stereocenters. The van der Waals surface area contributed by atoms with Gasteiger partial charge in [0.05, 0.1) is 52.4 Å². The third-order valence-electron chi connectivity index (χ3n) is 9.50. The van der Waals surface area contributed by atoms with Crippen LogP contribution in [0.25, 0.3) is 48.4 Å². The van der Waals surface area contributed by atoms with Crippen molar-refractivity contribution in [1.82, 2.24) is 19.7 Å². The summed E-state index contributed by atoms with van der Waals surface area (Å²) in [5.41, 5.74) is 8.34. The SMILES string of the molecule is CCOC(=O)[C@@H](OC(C)(C)C)c1c(C)cc2nc(-c3ccc4c(c3)c(C3=CCN(C5(C)COC5)CC3)nn4C)sc2c1-c1ccc(Cl)cc1. The minimum absolute atomic E-state index is 0.131. The van der Waals surface area contributed by atoms with Crippen LogP contribution in [0.4, 0.5) is 0 Å². The summed E-state index contributed by atoms with van der Waals surface area (Å²) in [6.45, 7) is 15.7. The van der Waals surface area contributed by atoms with Gasteiger partial charge in [0.25, 0.3) is 0 Å². The largest absolute Gasteiger partial charge is 0.464 e. The van der Waals surface area contributed by atoms with E-state index in [1.807, 2.05) is 70.6 Å². The molecule has 0 bridgehead atoms. The van der Waals surface area contributed by atoms with Gasteiger partial charge in [-0.15, -0.1) is 11.3 Å². The van der Waals surface area contributed by atoms with Gasteiger partial charge in [-0.2, -0.15) is 5.10 Å². The average Bonchev–Trinajstić information content (AvgIpc) is 3.62. The summed E-state index contributed by atoms with van der Waals surface area (Å²) < 4.78 is 20.5. The molecule has 2 aromatic heterocycles. The molecule has 1 atom stereocenters. The lowest BCUT2D eigenvalue weighted by atomic mass is 9.91. The standard InChI is InChI=1S/C39H43ClN4O4S/c1-8-47-37(45)34(48-38(3,4)5)31-23(2)19-29-35(32(31)24-9-12-27(40)13-10-24)49-36(41-29)26-11-14-30-28(20-26)33(42-43(30)7)25-15-17-44(18-16-25)39(6)21-46-22-39/h9-15,19-20,34H,8,16-18,21-22H2,1-7H3/t34-/m0/s1. The van der Waals surface area contributed by atoms with Gasteiger partial charge < -0.3 is 14.2 Å². The van der Waals surface area contributed by atoms with E-state index in [9.17, 15) is 4.79 Å². The maximum atomic E-state index is 13.5. The lowest BCUT2D eigenvalue weighted by molar-refractivity contribution is -0.166. The molecule has 0 amide bonds. The number of thiazole rings is 1. The number of carbonyl (C=O) groups excluding carboxylic acids is 1. The van der Waals surface area contributed by atoms with Gasteiger partial charge in [0.15, 0.2) is 6.10 Å². The zero-order chi connectivity index (χ0) is 34.7. The number of aromatic nitrogens is 3. The predicted octanol–water partition coefficient (Wildman–Crippen LogP) is 8.78. The predicted molar refractivity (Wildman–Crippen MR) is 198 cm³/mol. The summed E-state index contributed by atoms with van der Waals surface area (Å²) in [6, 6.07) is 16.3. The quantitative estimate of drug-likeness (QED) is 0.150. The number of carbonyl (C=O) groups is 1. The molecule has 2 aliphatic heterocycles. The summed E-state index contributed by atoms with van der Waals surface area (Å²) in [5, 5.41) is 7.65. The average molecular weight is 699 g/mol. The number of esters is 1. The van der Waals surface area contributed by atoms with Crippen molar-refractivity contribution in [3.63, 3.8) is 0 Å². The molecule has 7 rings (SSSR count). The van der Waals surface area contributed by atoms with Gasteiger partial charge in [0.1, 0.15) is 5.01 Å². The molecule has 3 aromatic carbocycles. The smallest absolute Gasteiger partial charge is 0.339 e. The third-order valence-corrected chi connectivity index (χ3v) is 10.9. The van der Waals surface area contributed by atoms with E-state index in [-0.39, 0.29) is 12.1 Å². The molecule has 0 N–H and O–H groups in total. The van der Waals surface area contributed by atoms with E-state index >= 15 is 0 Å². The van der Waals surface area contributed by atoms with Crippen LogP contribution in [0.3, 0.4) is 0 Å².